The molecule has 3 nitrogen and oxygen atoms in total. The zero-order chi connectivity index (χ0) is 14.2. The lowest BCUT2D eigenvalue weighted by Gasteiger charge is -2.43. The van der Waals surface area contributed by atoms with Crippen LogP contribution in [0.1, 0.15) is 31.2 Å². The number of benzene rings is 1. The van der Waals surface area contributed by atoms with Gasteiger partial charge in [-0.05, 0) is 50.6 Å². The standard InChI is InChI=1S/C17H23NO2/c1-18-15-8-9-17(18,16(19)20-2)12-14(11-15)10-13-6-4-3-5-7-13/h3-7,14-15H,8-12H2,1-2H3/t14?,15-,17+/m0/s1. The molecule has 108 valence electrons. The highest BCUT2D eigenvalue weighted by Gasteiger charge is 2.55. The number of ether oxygens (including phenoxy) is 1. The number of esters is 1. The van der Waals surface area contributed by atoms with Gasteiger partial charge in [0.15, 0.2) is 0 Å². The molecule has 1 unspecified atom stereocenters. The normalized spacial score (nSPS) is 33.1. The summed E-state index contributed by atoms with van der Waals surface area (Å²) in [6.45, 7) is 0. The molecule has 2 fully saturated rings. The van der Waals surface area contributed by atoms with E-state index in [4.69, 9.17) is 4.74 Å². The van der Waals surface area contributed by atoms with Gasteiger partial charge in [0, 0.05) is 6.04 Å². The molecule has 2 aliphatic rings. The Morgan fingerprint density at radius 2 is 2.15 bits per heavy atom. The van der Waals surface area contributed by atoms with E-state index in [9.17, 15) is 4.79 Å². The number of rotatable bonds is 3. The molecule has 1 aromatic rings. The van der Waals surface area contributed by atoms with Crippen molar-refractivity contribution in [3.05, 3.63) is 35.9 Å². The third-order valence-electron chi connectivity index (χ3n) is 5.28. The first-order valence-electron chi connectivity index (χ1n) is 7.51. The van der Waals surface area contributed by atoms with Crippen molar-refractivity contribution < 1.29 is 9.53 Å². The number of likely N-dealkylation sites (N-methyl/N-ethyl adjacent to an activating group) is 1. The first-order valence-corrected chi connectivity index (χ1v) is 7.51. The SMILES string of the molecule is COC(=O)[C@@]12CC[C@@H](CC(Cc3ccccc3)C1)N2C. The van der Waals surface area contributed by atoms with Crippen molar-refractivity contribution in [1.29, 1.82) is 0 Å². The molecule has 2 heterocycles. The molecule has 0 aliphatic carbocycles. The average Bonchev–Trinajstić information content (AvgIpc) is 2.67. The van der Waals surface area contributed by atoms with E-state index >= 15 is 0 Å². The summed E-state index contributed by atoms with van der Waals surface area (Å²) < 4.78 is 5.10. The molecular weight excluding hydrogens is 250 g/mol. The molecule has 2 aliphatic heterocycles. The molecule has 3 atom stereocenters. The number of hydrogen-bond acceptors (Lipinski definition) is 3. The number of carbonyl (C=O) groups excluding carboxylic acids is 1. The van der Waals surface area contributed by atoms with Crippen molar-refractivity contribution in [2.75, 3.05) is 14.2 Å². The first kappa shape index (κ1) is 13.6. The smallest absolute Gasteiger partial charge is 0.326 e. The van der Waals surface area contributed by atoms with Crippen LogP contribution in [0.4, 0.5) is 0 Å². The fourth-order valence-corrected chi connectivity index (χ4v) is 4.21. The van der Waals surface area contributed by atoms with Gasteiger partial charge < -0.3 is 4.74 Å². The minimum absolute atomic E-state index is 0.0414. The molecular formula is C17H23NO2. The Morgan fingerprint density at radius 3 is 2.85 bits per heavy atom. The van der Waals surface area contributed by atoms with Crippen LogP contribution in [0.3, 0.4) is 0 Å². The van der Waals surface area contributed by atoms with Crippen LogP contribution in [0, 0.1) is 5.92 Å². The van der Waals surface area contributed by atoms with Crippen molar-refractivity contribution in [2.24, 2.45) is 5.92 Å². The van der Waals surface area contributed by atoms with E-state index in [1.54, 1.807) is 0 Å². The van der Waals surface area contributed by atoms with E-state index in [1.165, 1.54) is 19.1 Å². The molecule has 0 spiro atoms. The van der Waals surface area contributed by atoms with Crippen LogP contribution in [0.5, 0.6) is 0 Å². The maximum atomic E-state index is 12.3. The Balaban J connectivity index is 1.79. The summed E-state index contributed by atoms with van der Waals surface area (Å²) in [5, 5.41) is 0. The zero-order valence-corrected chi connectivity index (χ0v) is 12.3. The van der Waals surface area contributed by atoms with Gasteiger partial charge >= 0.3 is 5.97 Å². The summed E-state index contributed by atoms with van der Waals surface area (Å²) in [5.41, 5.74) is 1.01. The summed E-state index contributed by atoms with van der Waals surface area (Å²) in [5.74, 6) is 0.542. The van der Waals surface area contributed by atoms with Crippen molar-refractivity contribution in [1.82, 2.24) is 4.90 Å². The van der Waals surface area contributed by atoms with Crippen molar-refractivity contribution in [3.63, 3.8) is 0 Å². The molecule has 0 amide bonds. The Morgan fingerprint density at radius 1 is 1.40 bits per heavy atom. The zero-order valence-electron chi connectivity index (χ0n) is 12.3. The van der Waals surface area contributed by atoms with Crippen molar-refractivity contribution >= 4 is 5.97 Å². The molecule has 3 heteroatoms. The summed E-state index contributed by atoms with van der Waals surface area (Å²) >= 11 is 0. The topological polar surface area (TPSA) is 29.5 Å². The number of carbonyl (C=O) groups is 1. The second kappa shape index (κ2) is 5.21. The molecule has 2 bridgehead atoms. The lowest BCUT2D eigenvalue weighted by atomic mass is 9.79. The lowest BCUT2D eigenvalue weighted by Crippen LogP contribution is -2.56. The maximum Gasteiger partial charge on any atom is 0.326 e. The highest BCUT2D eigenvalue weighted by Crippen LogP contribution is 2.46. The molecule has 1 aromatic carbocycles. The van der Waals surface area contributed by atoms with E-state index in [0.29, 0.717) is 12.0 Å². The molecule has 3 rings (SSSR count). The lowest BCUT2D eigenvalue weighted by molar-refractivity contribution is -0.157. The van der Waals surface area contributed by atoms with E-state index in [2.05, 4.69) is 42.3 Å². The van der Waals surface area contributed by atoms with Crippen LogP contribution in [-0.4, -0.2) is 36.6 Å². The minimum Gasteiger partial charge on any atom is -0.468 e. The van der Waals surface area contributed by atoms with Crippen LogP contribution in [-0.2, 0) is 16.0 Å². The summed E-state index contributed by atoms with van der Waals surface area (Å²) in [6.07, 6.45) is 5.28. The van der Waals surface area contributed by atoms with Gasteiger partial charge in [-0.3, -0.25) is 9.69 Å². The highest BCUT2D eigenvalue weighted by atomic mass is 16.5. The summed E-state index contributed by atoms with van der Waals surface area (Å²) in [6, 6.07) is 11.1. The van der Waals surface area contributed by atoms with E-state index < -0.39 is 0 Å². The Labute approximate surface area is 120 Å². The van der Waals surface area contributed by atoms with Gasteiger partial charge in [0.1, 0.15) is 5.54 Å². The summed E-state index contributed by atoms with van der Waals surface area (Å²) in [4.78, 5) is 14.6. The molecule has 0 N–H and O–H groups in total. The van der Waals surface area contributed by atoms with E-state index in [1.807, 2.05) is 0 Å². The number of fused-ring (bicyclic) bond motifs is 2. The van der Waals surface area contributed by atoms with Gasteiger partial charge in [-0.1, -0.05) is 30.3 Å². The molecule has 2 saturated heterocycles. The van der Waals surface area contributed by atoms with Crippen LogP contribution in [0.25, 0.3) is 0 Å². The Bertz CT molecular complexity index is 487. The molecule has 0 saturated carbocycles. The fraction of sp³-hybridized carbons (Fsp3) is 0.588. The molecule has 20 heavy (non-hydrogen) atoms. The second-order valence-corrected chi connectivity index (χ2v) is 6.32. The third kappa shape index (κ3) is 2.14. The average molecular weight is 273 g/mol. The largest absolute Gasteiger partial charge is 0.468 e. The number of piperidine rings is 1. The predicted molar refractivity (Wildman–Crippen MR) is 78.4 cm³/mol. The van der Waals surface area contributed by atoms with Crippen molar-refractivity contribution in [3.8, 4) is 0 Å². The molecule has 0 radical (unpaired) electrons. The van der Waals surface area contributed by atoms with Gasteiger partial charge in [-0.25, -0.2) is 0 Å². The Kier molecular flexibility index (Phi) is 3.55. The van der Waals surface area contributed by atoms with Crippen LogP contribution in [0.15, 0.2) is 30.3 Å². The van der Waals surface area contributed by atoms with Gasteiger partial charge in [-0.2, -0.15) is 0 Å². The van der Waals surface area contributed by atoms with Crippen molar-refractivity contribution in [2.45, 2.75) is 43.7 Å². The quantitative estimate of drug-likeness (QED) is 0.793. The van der Waals surface area contributed by atoms with E-state index in [-0.39, 0.29) is 11.5 Å². The highest BCUT2D eigenvalue weighted by molar-refractivity contribution is 5.81. The van der Waals surface area contributed by atoms with Crippen LogP contribution >= 0.6 is 0 Å². The van der Waals surface area contributed by atoms with Crippen LogP contribution in [0.2, 0.25) is 0 Å². The van der Waals surface area contributed by atoms with Crippen LogP contribution < -0.4 is 0 Å². The second-order valence-electron chi connectivity index (χ2n) is 6.32. The first-order chi connectivity index (χ1) is 9.65. The maximum absolute atomic E-state index is 12.3. The van der Waals surface area contributed by atoms with Gasteiger partial charge in [0.05, 0.1) is 7.11 Å². The monoisotopic (exact) mass is 273 g/mol. The number of hydrogen-bond donors (Lipinski definition) is 0. The predicted octanol–water partition coefficient (Wildman–Crippen LogP) is 2.65. The fourth-order valence-electron chi connectivity index (χ4n) is 4.21. The van der Waals surface area contributed by atoms with Gasteiger partial charge in [-0.15, -0.1) is 0 Å². The van der Waals surface area contributed by atoms with Gasteiger partial charge in [0.2, 0.25) is 0 Å². The Hall–Kier alpha value is -1.35. The molecule has 0 aromatic heterocycles. The minimum atomic E-state index is -0.364. The van der Waals surface area contributed by atoms with Gasteiger partial charge in [0.25, 0.3) is 0 Å². The third-order valence-corrected chi connectivity index (χ3v) is 5.28. The number of methoxy groups -OCH3 is 1. The number of nitrogens with zero attached hydrogens (tertiary/aromatic N) is 1. The van der Waals surface area contributed by atoms with E-state index in [0.717, 1.165) is 25.7 Å². The summed E-state index contributed by atoms with van der Waals surface area (Å²) in [7, 11) is 3.60.